The van der Waals surface area contributed by atoms with Crippen LogP contribution in [0.5, 0.6) is 5.75 Å². The maximum atomic E-state index is 5.90. The number of rotatable bonds is 5. The zero-order valence-corrected chi connectivity index (χ0v) is 16.2. The van der Waals surface area contributed by atoms with Crippen molar-refractivity contribution in [1.29, 1.82) is 0 Å². The maximum Gasteiger partial charge on any atom is 0.130 e. The van der Waals surface area contributed by atoms with Crippen LogP contribution in [0.3, 0.4) is 0 Å². The van der Waals surface area contributed by atoms with Crippen molar-refractivity contribution >= 4 is 0 Å². The summed E-state index contributed by atoms with van der Waals surface area (Å²) in [5.74, 6) is 0.839. The van der Waals surface area contributed by atoms with Gasteiger partial charge in [-0.3, -0.25) is 14.6 Å². The molecule has 0 N–H and O–H groups in total. The number of ether oxygens (including phenoxy) is 1. The van der Waals surface area contributed by atoms with E-state index >= 15 is 0 Å². The van der Waals surface area contributed by atoms with Gasteiger partial charge in [-0.15, -0.1) is 0 Å². The summed E-state index contributed by atoms with van der Waals surface area (Å²) in [5.41, 5.74) is 6.78. The summed E-state index contributed by atoms with van der Waals surface area (Å²) in [6.45, 7) is 1.45. The minimum Gasteiger partial charge on any atom is -0.487 e. The number of fused-ring (bicyclic) bond motifs is 1. The van der Waals surface area contributed by atoms with Crippen LogP contribution in [0.15, 0.2) is 73.2 Å². The Balaban J connectivity index is 1.46. The molecule has 0 aliphatic carbocycles. The Kier molecular flexibility index (Phi) is 4.78. The molecule has 0 saturated carbocycles. The van der Waals surface area contributed by atoms with Gasteiger partial charge in [0.15, 0.2) is 0 Å². The number of nitrogens with zero attached hydrogens (tertiary/aromatic N) is 4. The molecule has 0 bridgehead atoms. The van der Waals surface area contributed by atoms with Crippen molar-refractivity contribution in [2.45, 2.75) is 32.4 Å². The van der Waals surface area contributed by atoms with Gasteiger partial charge in [0.1, 0.15) is 18.1 Å². The largest absolute Gasteiger partial charge is 0.487 e. The lowest BCUT2D eigenvalue weighted by Gasteiger charge is -2.15. The van der Waals surface area contributed by atoms with Gasteiger partial charge in [0, 0.05) is 42.0 Å². The lowest BCUT2D eigenvalue weighted by molar-refractivity contribution is 0.301. The minimum absolute atomic E-state index is 0.464. The van der Waals surface area contributed by atoms with E-state index in [1.54, 1.807) is 6.20 Å². The lowest BCUT2D eigenvalue weighted by Crippen LogP contribution is -2.11. The van der Waals surface area contributed by atoms with Gasteiger partial charge in [-0.25, -0.2) is 0 Å². The molecule has 0 amide bonds. The van der Waals surface area contributed by atoms with Crippen molar-refractivity contribution in [2.75, 3.05) is 0 Å². The molecular weight excluding hydrogens is 360 g/mol. The Morgan fingerprint density at radius 2 is 1.72 bits per heavy atom. The standard InChI is InChI=1S/C24H22N4O/c1-3-13-26-20(5-1)17-29-21-9-7-18(8-10-21)23-22-6-2-4-16-28(22)27-24(23)19-11-14-25-15-12-19/h1,3,5,7-15H,2,4,6,16-17H2. The quantitative estimate of drug-likeness (QED) is 0.491. The zero-order valence-electron chi connectivity index (χ0n) is 16.2. The fraction of sp³-hybridized carbons (Fsp3) is 0.208. The highest BCUT2D eigenvalue weighted by Gasteiger charge is 2.22. The number of hydrogen-bond donors (Lipinski definition) is 0. The first-order chi connectivity index (χ1) is 14.4. The first kappa shape index (κ1) is 17.6. The Bertz CT molecular complexity index is 1090. The number of benzene rings is 1. The second-order valence-corrected chi connectivity index (χ2v) is 7.22. The Morgan fingerprint density at radius 3 is 2.52 bits per heavy atom. The molecule has 4 aromatic rings. The van der Waals surface area contributed by atoms with Gasteiger partial charge in [0.25, 0.3) is 0 Å². The Hall–Kier alpha value is -3.47. The molecule has 0 fully saturated rings. The van der Waals surface area contributed by atoms with Gasteiger partial charge in [0.2, 0.25) is 0 Å². The number of pyridine rings is 2. The monoisotopic (exact) mass is 382 g/mol. The molecule has 0 saturated heterocycles. The van der Waals surface area contributed by atoms with Gasteiger partial charge in [-0.2, -0.15) is 5.10 Å². The fourth-order valence-corrected chi connectivity index (χ4v) is 3.86. The van der Waals surface area contributed by atoms with Crippen LogP contribution in [0.2, 0.25) is 0 Å². The molecule has 5 nitrogen and oxygen atoms in total. The minimum atomic E-state index is 0.464. The molecule has 1 aliphatic rings. The Labute approximate surface area is 170 Å². The van der Waals surface area contributed by atoms with Crippen molar-refractivity contribution in [1.82, 2.24) is 19.7 Å². The van der Waals surface area contributed by atoms with Crippen LogP contribution in [-0.2, 0) is 19.6 Å². The second-order valence-electron chi connectivity index (χ2n) is 7.22. The summed E-state index contributed by atoms with van der Waals surface area (Å²) in [6, 6.07) is 18.2. The third-order valence-corrected chi connectivity index (χ3v) is 5.30. The van der Waals surface area contributed by atoms with E-state index in [0.717, 1.165) is 35.7 Å². The van der Waals surface area contributed by atoms with Crippen LogP contribution in [-0.4, -0.2) is 19.7 Å². The highest BCUT2D eigenvalue weighted by Crippen LogP contribution is 2.37. The predicted molar refractivity (Wildman–Crippen MR) is 112 cm³/mol. The van der Waals surface area contributed by atoms with Crippen molar-refractivity contribution in [3.63, 3.8) is 0 Å². The van der Waals surface area contributed by atoms with Crippen LogP contribution in [0.1, 0.15) is 24.2 Å². The zero-order chi connectivity index (χ0) is 19.5. The molecule has 29 heavy (non-hydrogen) atoms. The molecule has 1 aromatic carbocycles. The predicted octanol–water partition coefficient (Wildman–Crippen LogP) is 4.92. The third-order valence-electron chi connectivity index (χ3n) is 5.30. The van der Waals surface area contributed by atoms with Crippen molar-refractivity contribution in [3.05, 3.63) is 84.6 Å². The van der Waals surface area contributed by atoms with Gasteiger partial charge < -0.3 is 4.74 Å². The van der Waals surface area contributed by atoms with E-state index in [1.165, 1.54) is 29.7 Å². The van der Waals surface area contributed by atoms with E-state index in [2.05, 4.69) is 26.8 Å². The first-order valence-corrected chi connectivity index (χ1v) is 10.0. The van der Waals surface area contributed by atoms with Crippen LogP contribution in [0.4, 0.5) is 0 Å². The van der Waals surface area contributed by atoms with E-state index < -0.39 is 0 Å². The average Bonchev–Trinajstić information content (AvgIpc) is 3.19. The third kappa shape index (κ3) is 3.63. The molecule has 3 aromatic heterocycles. The molecule has 0 atom stereocenters. The Morgan fingerprint density at radius 1 is 0.862 bits per heavy atom. The molecule has 1 aliphatic heterocycles. The van der Waals surface area contributed by atoms with Crippen molar-refractivity contribution < 1.29 is 4.74 Å². The smallest absolute Gasteiger partial charge is 0.130 e. The van der Waals surface area contributed by atoms with E-state index in [4.69, 9.17) is 9.84 Å². The lowest BCUT2D eigenvalue weighted by atomic mass is 9.96. The number of aryl methyl sites for hydroxylation is 1. The van der Waals surface area contributed by atoms with Crippen LogP contribution < -0.4 is 4.74 Å². The van der Waals surface area contributed by atoms with Crippen LogP contribution in [0, 0.1) is 0 Å². The SMILES string of the molecule is c1ccc(COc2ccc(-c3c(-c4ccncc4)nn4c3CCCC4)cc2)nc1. The topological polar surface area (TPSA) is 52.8 Å². The second kappa shape index (κ2) is 7.87. The molecule has 144 valence electrons. The molecular formula is C24H22N4O. The highest BCUT2D eigenvalue weighted by atomic mass is 16.5. The summed E-state index contributed by atoms with van der Waals surface area (Å²) < 4.78 is 8.08. The number of hydrogen-bond acceptors (Lipinski definition) is 4. The summed E-state index contributed by atoms with van der Waals surface area (Å²) in [4.78, 5) is 8.46. The van der Waals surface area contributed by atoms with E-state index in [-0.39, 0.29) is 0 Å². The highest BCUT2D eigenvalue weighted by molar-refractivity contribution is 5.83. The molecule has 4 heterocycles. The van der Waals surface area contributed by atoms with Crippen LogP contribution >= 0.6 is 0 Å². The van der Waals surface area contributed by atoms with Gasteiger partial charge in [0.05, 0.1) is 5.69 Å². The summed E-state index contributed by atoms with van der Waals surface area (Å²) in [7, 11) is 0. The van der Waals surface area contributed by atoms with Gasteiger partial charge >= 0.3 is 0 Å². The summed E-state index contributed by atoms with van der Waals surface area (Å²) in [6.07, 6.45) is 8.89. The number of aromatic nitrogens is 4. The van der Waals surface area contributed by atoms with Crippen molar-refractivity contribution in [3.8, 4) is 28.1 Å². The van der Waals surface area contributed by atoms with E-state index in [0.29, 0.717) is 6.61 Å². The maximum absolute atomic E-state index is 5.90. The molecule has 0 spiro atoms. The van der Waals surface area contributed by atoms with Gasteiger partial charge in [-0.1, -0.05) is 18.2 Å². The normalized spacial score (nSPS) is 13.1. The van der Waals surface area contributed by atoms with Gasteiger partial charge in [-0.05, 0) is 61.2 Å². The van der Waals surface area contributed by atoms with E-state index in [1.807, 2.05) is 54.9 Å². The summed E-state index contributed by atoms with van der Waals surface area (Å²) in [5, 5.41) is 4.95. The van der Waals surface area contributed by atoms with Crippen LogP contribution in [0.25, 0.3) is 22.4 Å². The van der Waals surface area contributed by atoms with E-state index in [9.17, 15) is 0 Å². The first-order valence-electron chi connectivity index (χ1n) is 10.0. The molecule has 0 radical (unpaired) electrons. The molecule has 5 rings (SSSR count). The average molecular weight is 382 g/mol. The molecule has 5 heteroatoms. The fourth-order valence-electron chi connectivity index (χ4n) is 3.86. The molecule has 0 unspecified atom stereocenters. The summed E-state index contributed by atoms with van der Waals surface area (Å²) >= 11 is 0. The van der Waals surface area contributed by atoms with Crippen molar-refractivity contribution in [2.24, 2.45) is 0 Å².